The summed E-state index contributed by atoms with van der Waals surface area (Å²) in [5.41, 5.74) is 0.982. The van der Waals surface area contributed by atoms with E-state index >= 15 is 0 Å². The van der Waals surface area contributed by atoms with Crippen molar-refractivity contribution in [3.05, 3.63) is 64.4 Å². The maximum atomic E-state index is 14.8. The summed E-state index contributed by atoms with van der Waals surface area (Å²) in [5.74, 6) is -1.20. The van der Waals surface area contributed by atoms with Crippen molar-refractivity contribution in [2.45, 2.75) is 12.6 Å². The number of ether oxygens (including phenoxy) is 2. The number of piperazine rings is 1. The summed E-state index contributed by atoms with van der Waals surface area (Å²) < 4.78 is 24.7. The number of carbonyl (C=O) groups is 2. The number of methoxy groups -OCH3 is 1. The fraction of sp³-hybridized carbons (Fsp3) is 0.391. The van der Waals surface area contributed by atoms with Crippen LogP contribution in [0.3, 0.4) is 0 Å². The highest BCUT2D eigenvalue weighted by atomic mass is 35.5. The van der Waals surface area contributed by atoms with Crippen LogP contribution in [0.4, 0.5) is 14.9 Å². The van der Waals surface area contributed by atoms with E-state index in [-0.39, 0.29) is 23.7 Å². The van der Waals surface area contributed by atoms with E-state index in [0.29, 0.717) is 29.8 Å². The van der Waals surface area contributed by atoms with Gasteiger partial charge in [-0.15, -0.1) is 0 Å². The largest absolute Gasteiger partial charge is 0.465 e. The molecule has 2 saturated heterocycles. The maximum Gasteiger partial charge on any atom is 0.337 e. The molecule has 0 aromatic heterocycles. The number of hydrogen-bond donors (Lipinski definition) is 0. The number of benzene rings is 2. The normalized spacial score (nSPS) is 17.0. The predicted octanol–water partition coefficient (Wildman–Crippen LogP) is 3.41. The third kappa shape index (κ3) is 4.87. The molecule has 0 atom stereocenters. The van der Waals surface area contributed by atoms with Crippen molar-refractivity contribution in [3.63, 3.8) is 0 Å². The summed E-state index contributed by atoms with van der Waals surface area (Å²) in [6.07, 6.45) is 0. The second-order valence-corrected chi connectivity index (χ2v) is 8.30. The van der Waals surface area contributed by atoms with E-state index in [2.05, 4.69) is 9.64 Å². The van der Waals surface area contributed by atoms with Crippen LogP contribution >= 0.6 is 11.6 Å². The van der Waals surface area contributed by atoms with Crippen molar-refractivity contribution < 1.29 is 23.5 Å². The van der Waals surface area contributed by atoms with Crippen LogP contribution in [0.15, 0.2) is 42.5 Å². The lowest BCUT2D eigenvalue weighted by Crippen LogP contribution is -2.59. The minimum atomic E-state index is -0.618. The van der Waals surface area contributed by atoms with Gasteiger partial charge in [0, 0.05) is 42.5 Å². The van der Waals surface area contributed by atoms with Crippen LogP contribution < -0.4 is 4.90 Å². The van der Waals surface area contributed by atoms with Crippen molar-refractivity contribution in [2.24, 2.45) is 0 Å². The van der Waals surface area contributed by atoms with E-state index < -0.39 is 11.8 Å². The molecule has 2 amide bonds. The molecule has 0 unspecified atom stereocenters. The van der Waals surface area contributed by atoms with Crippen molar-refractivity contribution in [1.82, 2.24) is 9.80 Å². The van der Waals surface area contributed by atoms with Gasteiger partial charge < -0.3 is 14.4 Å². The van der Waals surface area contributed by atoms with Gasteiger partial charge in [-0.1, -0.05) is 23.7 Å². The number of esters is 1. The molecule has 0 aliphatic carbocycles. The highest BCUT2D eigenvalue weighted by Gasteiger charge is 2.32. The summed E-state index contributed by atoms with van der Waals surface area (Å²) in [4.78, 5) is 30.8. The van der Waals surface area contributed by atoms with Crippen molar-refractivity contribution in [3.8, 4) is 0 Å². The highest BCUT2D eigenvalue weighted by molar-refractivity contribution is 6.30. The Morgan fingerprint density at radius 2 is 1.91 bits per heavy atom. The maximum absolute atomic E-state index is 14.8. The lowest BCUT2D eigenvalue weighted by molar-refractivity contribution is -0.0738. The molecule has 2 aliphatic rings. The molecule has 2 aliphatic heterocycles. The fourth-order valence-electron chi connectivity index (χ4n) is 3.89. The van der Waals surface area contributed by atoms with Gasteiger partial charge in [-0.25, -0.2) is 14.0 Å². The molecule has 2 aromatic rings. The minimum absolute atomic E-state index is 0.00312. The van der Waals surface area contributed by atoms with Crippen LogP contribution in [0.25, 0.3) is 0 Å². The van der Waals surface area contributed by atoms with Crippen LogP contribution in [-0.2, 0) is 16.0 Å². The summed E-state index contributed by atoms with van der Waals surface area (Å²) in [5, 5.41) is 0.483. The molecule has 170 valence electrons. The van der Waals surface area contributed by atoms with Gasteiger partial charge in [-0.3, -0.25) is 9.80 Å². The topological polar surface area (TPSA) is 62.3 Å². The molecule has 0 radical (unpaired) electrons. The van der Waals surface area contributed by atoms with Gasteiger partial charge in [-0.05, 0) is 30.3 Å². The molecule has 4 rings (SSSR count). The Balaban J connectivity index is 1.54. The number of urea groups is 1. The Hall–Kier alpha value is -2.68. The zero-order chi connectivity index (χ0) is 22.7. The quantitative estimate of drug-likeness (QED) is 0.638. The smallest absolute Gasteiger partial charge is 0.337 e. The number of halogens is 2. The van der Waals surface area contributed by atoms with Gasteiger partial charge in [-0.2, -0.15) is 0 Å². The van der Waals surface area contributed by atoms with Crippen LogP contribution in [0.5, 0.6) is 0 Å². The SMILES string of the molecule is COC(=O)c1ccc(CN(C(=O)N2CCN(C3COC3)CC2)c2cccc(Cl)c2)c(F)c1. The Kier molecular flexibility index (Phi) is 6.93. The molecule has 32 heavy (non-hydrogen) atoms. The minimum Gasteiger partial charge on any atom is -0.465 e. The van der Waals surface area contributed by atoms with Crippen LogP contribution in [0, 0.1) is 5.82 Å². The van der Waals surface area contributed by atoms with Gasteiger partial charge >= 0.3 is 12.0 Å². The van der Waals surface area contributed by atoms with Gasteiger partial charge in [0.15, 0.2) is 0 Å². The Morgan fingerprint density at radius 1 is 1.16 bits per heavy atom. The number of nitrogens with zero attached hydrogens (tertiary/aromatic N) is 3. The third-order valence-corrected chi connectivity index (χ3v) is 6.11. The zero-order valence-electron chi connectivity index (χ0n) is 17.8. The second-order valence-electron chi connectivity index (χ2n) is 7.86. The Labute approximate surface area is 191 Å². The first-order valence-corrected chi connectivity index (χ1v) is 10.8. The van der Waals surface area contributed by atoms with E-state index in [1.54, 1.807) is 29.2 Å². The van der Waals surface area contributed by atoms with Gasteiger partial charge in [0.25, 0.3) is 0 Å². The second kappa shape index (κ2) is 9.85. The molecular formula is C23H25ClFN3O4. The number of carbonyl (C=O) groups excluding carboxylic acids is 2. The lowest BCUT2D eigenvalue weighted by Gasteiger charge is -2.43. The van der Waals surface area contributed by atoms with Gasteiger partial charge in [0.05, 0.1) is 38.5 Å². The lowest BCUT2D eigenvalue weighted by atomic mass is 10.1. The molecule has 2 fully saturated rings. The molecule has 0 spiro atoms. The van der Waals surface area contributed by atoms with Crippen molar-refractivity contribution >= 4 is 29.3 Å². The predicted molar refractivity (Wildman–Crippen MR) is 119 cm³/mol. The van der Waals surface area contributed by atoms with Gasteiger partial charge in [0.2, 0.25) is 0 Å². The highest BCUT2D eigenvalue weighted by Crippen LogP contribution is 2.25. The van der Waals surface area contributed by atoms with E-state index in [4.69, 9.17) is 16.3 Å². The van der Waals surface area contributed by atoms with Crippen LogP contribution in [-0.4, -0.2) is 74.3 Å². The number of anilines is 1. The zero-order valence-corrected chi connectivity index (χ0v) is 18.6. The van der Waals surface area contributed by atoms with Gasteiger partial charge in [0.1, 0.15) is 5.82 Å². The number of amides is 2. The first kappa shape index (κ1) is 22.5. The first-order valence-electron chi connectivity index (χ1n) is 10.5. The van der Waals surface area contributed by atoms with Crippen molar-refractivity contribution in [2.75, 3.05) is 51.4 Å². The van der Waals surface area contributed by atoms with E-state index in [1.165, 1.54) is 24.1 Å². The summed E-state index contributed by atoms with van der Waals surface area (Å²) in [7, 11) is 1.24. The molecule has 0 bridgehead atoms. The van der Waals surface area contributed by atoms with E-state index in [9.17, 15) is 14.0 Å². The standard InChI is InChI=1S/C23H25ClFN3O4/c1-31-22(29)16-5-6-17(21(25)11-16)13-28(19-4-2-3-18(24)12-19)23(30)27-9-7-26(8-10-27)20-14-32-15-20/h2-6,11-12,20H,7-10,13-15H2,1H3. The number of hydrogen-bond acceptors (Lipinski definition) is 5. The Bertz CT molecular complexity index is 993. The van der Waals surface area contributed by atoms with Crippen molar-refractivity contribution in [1.29, 1.82) is 0 Å². The monoisotopic (exact) mass is 461 g/mol. The molecule has 0 N–H and O–H groups in total. The first-order chi connectivity index (χ1) is 15.5. The summed E-state index contributed by atoms with van der Waals surface area (Å²) >= 11 is 6.17. The molecule has 2 heterocycles. The van der Waals surface area contributed by atoms with E-state index in [1.807, 2.05) is 0 Å². The van der Waals surface area contributed by atoms with E-state index in [0.717, 1.165) is 32.4 Å². The average molecular weight is 462 g/mol. The Morgan fingerprint density at radius 3 is 2.50 bits per heavy atom. The molecule has 9 heteroatoms. The molecular weight excluding hydrogens is 437 g/mol. The average Bonchev–Trinajstić information content (AvgIpc) is 2.76. The summed E-state index contributed by atoms with van der Waals surface area (Å²) in [6, 6.07) is 11.3. The summed E-state index contributed by atoms with van der Waals surface area (Å²) in [6.45, 7) is 4.18. The molecule has 0 saturated carbocycles. The number of rotatable bonds is 5. The van der Waals surface area contributed by atoms with Crippen LogP contribution in [0.2, 0.25) is 5.02 Å². The third-order valence-electron chi connectivity index (χ3n) is 5.88. The van der Waals surface area contributed by atoms with Crippen LogP contribution in [0.1, 0.15) is 15.9 Å². The molecule has 7 nitrogen and oxygen atoms in total. The molecule has 2 aromatic carbocycles. The fourth-order valence-corrected chi connectivity index (χ4v) is 4.07.